The minimum Gasteiger partial charge on any atom is -0.348 e. The molecule has 3 heteroatoms. The number of hydrogen-bond acceptors (Lipinski definition) is 1. The van der Waals surface area contributed by atoms with Crippen molar-refractivity contribution < 1.29 is 4.79 Å². The van der Waals surface area contributed by atoms with E-state index in [-0.39, 0.29) is 0 Å². The average Bonchev–Trinajstić information content (AvgIpc) is 2.60. The average molecular weight is 220 g/mol. The Labute approximate surface area is 93.1 Å². The first kappa shape index (κ1) is 9.99. The summed E-state index contributed by atoms with van der Waals surface area (Å²) in [6, 6.07) is 9.42. The summed E-state index contributed by atoms with van der Waals surface area (Å²) in [5.74, 6) is 0. The first-order valence-corrected chi connectivity index (χ1v) is 4.96. The highest BCUT2D eigenvalue weighted by molar-refractivity contribution is 6.30. The number of hydrogen-bond donors (Lipinski definition) is 0. The maximum absolute atomic E-state index is 10.7. The molecule has 0 radical (unpaired) electrons. The van der Waals surface area contributed by atoms with Crippen LogP contribution in [-0.2, 0) is 7.05 Å². The van der Waals surface area contributed by atoms with Crippen LogP contribution in [0.1, 0.15) is 10.5 Å². The molecule has 1 aromatic carbocycles. The molecule has 1 aromatic heterocycles. The van der Waals surface area contributed by atoms with Gasteiger partial charge in [0.2, 0.25) is 0 Å². The highest BCUT2D eigenvalue weighted by atomic mass is 35.5. The predicted molar refractivity (Wildman–Crippen MR) is 61.2 cm³/mol. The van der Waals surface area contributed by atoms with Crippen molar-refractivity contribution in [3.05, 3.63) is 47.2 Å². The summed E-state index contributed by atoms with van der Waals surface area (Å²) < 4.78 is 1.79. The number of nitrogens with zero attached hydrogens (tertiary/aromatic N) is 1. The van der Waals surface area contributed by atoms with Crippen LogP contribution in [0.3, 0.4) is 0 Å². The molecule has 1 heterocycles. The molecule has 0 unspecified atom stereocenters. The third-order valence-corrected chi connectivity index (χ3v) is 2.56. The van der Waals surface area contributed by atoms with Crippen LogP contribution in [0, 0.1) is 0 Å². The largest absolute Gasteiger partial charge is 0.348 e. The summed E-state index contributed by atoms with van der Waals surface area (Å²) in [4.78, 5) is 10.7. The number of carbonyl (C=O) groups is 1. The zero-order chi connectivity index (χ0) is 10.8. The number of rotatable bonds is 2. The lowest BCUT2D eigenvalue weighted by Gasteiger charge is -1.97. The number of aryl methyl sites for hydroxylation is 1. The van der Waals surface area contributed by atoms with E-state index >= 15 is 0 Å². The number of halogens is 1. The summed E-state index contributed by atoms with van der Waals surface area (Å²) in [6.45, 7) is 0. The number of aromatic nitrogens is 1. The van der Waals surface area contributed by atoms with E-state index in [1.807, 2.05) is 43.6 Å². The van der Waals surface area contributed by atoms with E-state index in [1.54, 1.807) is 4.57 Å². The van der Waals surface area contributed by atoms with Crippen molar-refractivity contribution in [2.24, 2.45) is 7.05 Å². The molecule has 0 amide bonds. The van der Waals surface area contributed by atoms with E-state index in [1.165, 1.54) is 0 Å². The summed E-state index contributed by atoms with van der Waals surface area (Å²) in [7, 11) is 1.85. The van der Waals surface area contributed by atoms with Crippen molar-refractivity contribution in [2.75, 3.05) is 0 Å². The monoisotopic (exact) mass is 219 g/mol. The highest BCUT2D eigenvalue weighted by Crippen LogP contribution is 2.23. The van der Waals surface area contributed by atoms with Crippen LogP contribution in [0.15, 0.2) is 36.5 Å². The topological polar surface area (TPSA) is 22.0 Å². The third-order valence-electron chi connectivity index (χ3n) is 2.32. The molecule has 0 N–H and O–H groups in total. The number of benzene rings is 1. The molecule has 0 bridgehead atoms. The van der Waals surface area contributed by atoms with Crippen molar-refractivity contribution in [1.82, 2.24) is 4.57 Å². The van der Waals surface area contributed by atoms with Gasteiger partial charge in [-0.25, -0.2) is 0 Å². The van der Waals surface area contributed by atoms with Gasteiger partial charge in [-0.2, -0.15) is 0 Å². The van der Waals surface area contributed by atoms with Gasteiger partial charge < -0.3 is 4.57 Å². The first-order chi connectivity index (χ1) is 7.20. The summed E-state index contributed by atoms with van der Waals surface area (Å²) in [5, 5.41) is 0.698. The quantitative estimate of drug-likeness (QED) is 0.712. The van der Waals surface area contributed by atoms with Gasteiger partial charge in [0.25, 0.3) is 0 Å². The molecule has 0 aliphatic carbocycles. The van der Waals surface area contributed by atoms with E-state index in [0.29, 0.717) is 10.7 Å². The summed E-state index contributed by atoms with van der Waals surface area (Å²) in [6.07, 6.45) is 2.75. The second-order valence-electron chi connectivity index (χ2n) is 3.39. The molecule has 0 saturated carbocycles. The molecule has 2 nitrogen and oxygen atoms in total. The van der Waals surface area contributed by atoms with Crippen LogP contribution in [-0.4, -0.2) is 10.9 Å². The first-order valence-electron chi connectivity index (χ1n) is 4.58. The molecule has 0 spiro atoms. The molecule has 0 saturated heterocycles. The van der Waals surface area contributed by atoms with E-state index in [0.717, 1.165) is 17.4 Å². The molecule has 0 aliphatic heterocycles. The smallest absolute Gasteiger partial charge is 0.166 e. The fourth-order valence-electron chi connectivity index (χ4n) is 1.52. The molecule has 0 fully saturated rings. The van der Waals surface area contributed by atoms with Gasteiger partial charge in [0.05, 0.1) is 5.69 Å². The lowest BCUT2D eigenvalue weighted by Crippen LogP contribution is -1.90. The maximum atomic E-state index is 10.7. The van der Waals surface area contributed by atoms with E-state index in [9.17, 15) is 4.79 Å². The van der Waals surface area contributed by atoms with E-state index in [4.69, 9.17) is 11.6 Å². The van der Waals surface area contributed by atoms with Gasteiger partial charge in [0.1, 0.15) is 0 Å². The molecule has 0 aliphatic rings. The standard InChI is InChI=1S/C12H10ClNO/c1-14-7-10(6-12(14)8-15)9-3-2-4-11(13)5-9/h2-8H,1H3. The van der Waals surface area contributed by atoms with Gasteiger partial charge in [0.15, 0.2) is 6.29 Å². The predicted octanol–water partition coefficient (Wildman–Crippen LogP) is 3.16. The minimum absolute atomic E-state index is 0.657. The van der Waals surface area contributed by atoms with Crippen molar-refractivity contribution in [3.63, 3.8) is 0 Å². The lowest BCUT2D eigenvalue weighted by molar-refractivity contribution is 0.111. The number of carbonyl (C=O) groups excluding carboxylic acids is 1. The molecule has 76 valence electrons. The zero-order valence-electron chi connectivity index (χ0n) is 8.27. The molecular formula is C12H10ClNO. The van der Waals surface area contributed by atoms with Gasteiger partial charge in [-0.15, -0.1) is 0 Å². The van der Waals surface area contributed by atoms with Crippen molar-refractivity contribution in [2.45, 2.75) is 0 Å². The molecule has 2 aromatic rings. The summed E-state index contributed by atoms with van der Waals surface area (Å²) in [5.41, 5.74) is 2.68. The Bertz CT molecular complexity index is 502. The van der Waals surface area contributed by atoms with Crippen LogP contribution in [0.5, 0.6) is 0 Å². The molecule has 0 atom stereocenters. The van der Waals surface area contributed by atoms with Gasteiger partial charge in [-0.3, -0.25) is 4.79 Å². The Hall–Kier alpha value is -1.54. The van der Waals surface area contributed by atoms with Gasteiger partial charge in [0, 0.05) is 23.8 Å². The van der Waals surface area contributed by atoms with Gasteiger partial charge >= 0.3 is 0 Å². The summed E-state index contributed by atoms with van der Waals surface area (Å²) >= 11 is 5.90. The zero-order valence-corrected chi connectivity index (χ0v) is 9.03. The highest BCUT2D eigenvalue weighted by Gasteiger charge is 2.04. The fourth-order valence-corrected chi connectivity index (χ4v) is 1.71. The fraction of sp³-hybridized carbons (Fsp3) is 0.0833. The van der Waals surface area contributed by atoms with Crippen LogP contribution < -0.4 is 0 Å². The van der Waals surface area contributed by atoms with Crippen molar-refractivity contribution in [3.8, 4) is 11.1 Å². The van der Waals surface area contributed by atoms with Crippen LogP contribution in [0.25, 0.3) is 11.1 Å². The second kappa shape index (κ2) is 3.91. The Morgan fingerprint density at radius 2 is 2.07 bits per heavy atom. The molecule has 15 heavy (non-hydrogen) atoms. The van der Waals surface area contributed by atoms with E-state index in [2.05, 4.69) is 0 Å². The lowest BCUT2D eigenvalue weighted by atomic mass is 10.1. The maximum Gasteiger partial charge on any atom is 0.166 e. The normalized spacial score (nSPS) is 10.3. The van der Waals surface area contributed by atoms with E-state index < -0.39 is 0 Å². The van der Waals surface area contributed by atoms with Gasteiger partial charge in [-0.05, 0) is 23.8 Å². The van der Waals surface area contributed by atoms with Crippen LogP contribution >= 0.6 is 11.6 Å². The van der Waals surface area contributed by atoms with Crippen molar-refractivity contribution >= 4 is 17.9 Å². The number of aldehydes is 1. The van der Waals surface area contributed by atoms with Crippen molar-refractivity contribution in [1.29, 1.82) is 0 Å². The Balaban J connectivity index is 2.49. The Morgan fingerprint density at radius 1 is 1.27 bits per heavy atom. The third kappa shape index (κ3) is 1.95. The second-order valence-corrected chi connectivity index (χ2v) is 3.83. The SMILES string of the molecule is Cn1cc(-c2cccc(Cl)c2)cc1C=O. The Kier molecular flexibility index (Phi) is 2.60. The Morgan fingerprint density at radius 3 is 2.67 bits per heavy atom. The van der Waals surface area contributed by atoms with Crippen LogP contribution in [0.4, 0.5) is 0 Å². The van der Waals surface area contributed by atoms with Crippen LogP contribution in [0.2, 0.25) is 5.02 Å². The van der Waals surface area contributed by atoms with Gasteiger partial charge in [-0.1, -0.05) is 23.7 Å². The minimum atomic E-state index is 0.657. The molecule has 2 rings (SSSR count). The molecular weight excluding hydrogens is 210 g/mol.